The van der Waals surface area contributed by atoms with Gasteiger partial charge >= 0.3 is 0 Å². The Morgan fingerprint density at radius 2 is 1.83 bits per heavy atom. The van der Waals surface area contributed by atoms with Crippen molar-refractivity contribution < 1.29 is 13.2 Å². The Bertz CT molecular complexity index is 783. The van der Waals surface area contributed by atoms with Gasteiger partial charge in [0.25, 0.3) is 10.0 Å². The molecule has 1 aromatic heterocycles. The summed E-state index contributed by atoms with van der Waals surface area (Å²) in [4.78, 5) is 14.9. The molecular formula is C21H34ClN3O3S2. The van der Waals surface area contributed by atoms with E-state index in [1.54, 1.807) is 12.1 Å². The van der Waals surface area contributed by atoms with Gasteiger partial charge in [0.2, 0.25) is 5.91 Å². The van der Waals surface area contributed by atoms with Crippen molar-refractivity contribution in [3.63, 3.8) is 0 Å². The van der Waals surface area contributed by atoms with Crippen molar-refractivity contribution in [3.8, 4) is 0 Å². The number of rotatable bonds is 8. The molecule has 2 saturated heterocycles. The van der Waals surface area contributed by atoms with Crippen LogP contribution >= 0.6 is 22.9 Å². The Morgan fingerprint density at radius 3 is 2.43 bits per heavy atom. The third-order valence-corrected chi connectivity index (χ3v) is 9.94. The van der Waals surface area contributed by atoms with Gasteiger partial charge in [-0.15, -0.1) is 11.3 Å². The molecular weight excluding hydrogens is 442 g/mol. The lowest BCUT2D eigenvalue weighted by Gasteiger charge is -2.30. The number of nitrogens with zero attached hydrogens (tertiary/aromatic N) is 2. The van der Waals surface area contributed by atoms with Crippen molar-refractivity contribution in [3.05, 3.63) is 16.5 Å². The second kappa shape index (κ2) is 11.3. The number of sulfonamides is 1. The monoisotopic (exact) mass is 475 g/mol. The first kappa shape index (κ1) is 24.0. The van der Waals surface area contributed by atoms with E-state index in [2.05, 4.69) is 17.1 Å². The number of hydrogen-bond donors (Lipinski definition) is 1. The molecule has 0 unspecified atom stereocenters. The van der Waals surface area contributed by atoms with Crippen LogP contribution in [0.2, 0.25) is 4.34 Å². The van der Waals surface area contributed by atoms with Crippen molar-refractivity contribution in [1.82, 2.24) is 14.5 Å². The molecule has 1 N–H and O–H groups in total. The van der Waals surface area contributed by atoms with Crippen molar-refractivity contribution in [2.75, 3.05) is 32.7 Å². The maximum atomic E-state index is 12.7. The summed E-state index contributed by atoms with van der Waals surface area (Å²) in [6.07, 6.45) is 8.13. The van der Waals surface area contributed by atoms with Crippen LogP contribution in [-0.2, 0) is 14.8 Å². The molecule has 9 heteroatoms. The van der Waals surface area contributed by atoms with E-state index in [1.165, 1.54) is 43.1 Å². The van der Waals surface area contributed by atoms with Crippen LogP contribution in [0.3, 0.4) is 0 Å². The fourth-order valence-corrected chi connectivity index (χ4v) is 7.50. The van der Waals surface area contributed by atoms with Gasteiger partial charge < -0.3 is 10.2 Å². The summed E-state index contributed by atoms with van der Waals surface area (Å²) in [5.74, 6) is 0.329. The van der Waals surface area contributed by atoms with E-state index < -0.39 is 10.0 Å². The van der Waals surface area contributed by atoms with Gasteiger partial charge in [0.15, 0.2) is 0 Å². The van der Waals surface area contributed by atoms with E-state index in [0.29, 0.717) is 40.6 Å². The Morgan fingerprint density at radius 1 is 1.17 bits per heavy atom. The van der Waals surface area contributed by atoms with Crippen LogP contribution in [0.25, 0.3) is 0 Å². The fourth-order valence-electron chi connectivity index (χ4n) is 4.39. The number of hydrogen-bond acceptors (Lipinski definition) is 5. The van der Waals surface area contributed by atoms with Crippen LogP contribution in [-0.4, -0.2) is 62.3 Å². The number of carbonyl (C=O) groups excluding carboxylic acids is 1. The molecule has 6 nitrogen and oxygen atoms in total. The van der Waals surface area contributed by atoms with Gasteiger partial charge in [0.1, 0.15) is 4.21 Å². The van der Waals surface area contributed by atoms with Gasteiger partial charge in [-0.3, -0.25) is 4.79 Å². The number of likely N-dealkylation sites (tertiary alicyclic amines) is 1. The minimum absolute atomic E-state index is 0.0874. The maximum absolute atomic E-state index is 12.7. The van der Waals surface area contributed by atoms with Crippen LogP contribution in [0.4, 0.5) is 0 Å². The zero-order valence-electron chi connectivity index (χ0n) is 17.8. The number of piperidine rings is 1. The summed E-state index contributed by atoms with van der Waals surface area (Å²) < 4.78 is 27.7. The minimum atomic E-state index is -3.47. The molecule has 1 atom stereocenters. The summed E-state index contributed by atoms with van der Waals surface area (Å²) in [7, 11) is -3.47. The van der Waals surface area contributed by atoms with E-state index in [9.17, 15) is 13.2 Å². The molecule has 0 spiro atoms. The van der Waals surface area contributed by atoms with Crippen LogP contribution in [0.15, 0.2) is 16.3 Å². The summed E-state index contributed by atoms with van der Waals surface area (Å²) in [5.41, 5.74) is 0. The highest BCUT2D eigenvalue weighted by Gasteiger charge is 2.31. The lowest BCUT2D eigenvalue weighted by atomic mass is 9.94. The van der Waals surface area contributed by atoms with Gasteiger partial charge in [0, 0.05) is 32.1 Å². The van der Waals surface area contributed by atoms with Gasteiger partial charge in [-0.2, -0.15) is 4.31 Å². The van der Waals surface area contributed by atoms with Gasteiger partial charge in [0.05, 0.1) is 4.34 Å². The van der Waals surface area contributed by atoms with Crippen LogP contribution in [0, 0.1) is 5.92 Å². The quantitative estimate of drug-likeness (QED) is 0.617. The summed E-state index contributed by atoms with van der Waals surface area (Å²) in [6.45, 7) is 6.24. The molecule has 0 aliphatic carbocycles. The van der Waals surface area contributed by atoms with Crippen LogP contribution < -0.4 is 5.32 Å². The standard InChI is InChI=1S/C21H34ClN3O3S2/c1-17(24-12-4-2-3-5-13-24)8-11-23-20(26)16-18-9-14-25(15-10-18)30(27,28)21-7-6-19(22)29-21/h6-7,17-18H,2-5,8-16H2,1H3,(H,23,26)/t17-/m1/s1. The third kappa shape index (κ3) is 6.66. The number of halogens is 1. The van der Waals surface area contributed by atoms with Crippen molar-refractivity contribution in [1.29, 1.82) is 0 Å². The topological polar surface area (TPSA) is 69.7 Å². The second-order valence-electron chi connectivity index (χ2n) is 8.55. The Hall–Kier alpha value is -0.670. The molecule has 0 bridgehead atoms. The predicted octanol–water partition coefficient (Wildman–Crippen LogP) is 3.96. The molecule has 1 aromatic rings. The maximum Gasteiger partial charge on any atom is 0.252 e. The Balaban J connectivity index is 1.36. The molecule has 2 fully saturated rings. The van der Waals surface area contributed by atoms with Gasteiger partial charge in [-0.25, -0.2) is 8.42 Å². The summed E-state index contributed by atoms with van der Waals surface area (Å²) in [5, 5.41) is 3.08. The van der Waals surface area contributed by atoms with E-state index in [0.717, 1.165) is 30.6 Å². The van der Waals surface area contributed by atoms with Crippen molar-refractivity contribution in [2.24, 2.45) is 5.92 Å². The highest BCUT2D eigenvalue weighted by atomic mass is 35.5. The molecule has 2 aliphatic heterocycles. The largest absolute Gasteiger partial charge is 0.356 e. The van der Waals surface area contributed by atoms with E-state index in [1.807, 2.05) is 0 Å². The second-order valence-corrected chi connectivity index (χ2v) is 12.4. The highest BCUT2D eigenvalue weighted by molar-refractivity contribution is 7.91. The van der Waals surface area contributed by atoms with Crippen molar-refractivity contribution >= 4 is 38.9 Å². The van der Waals surface area contributed by atoms with E-state index in [4.69, 9.17) is 11.6 Å². The molecule has 2 aliphatic rings. The lowest BCUT2D eigenvalue weighted by Crippen LogP contribution is -2.40. The zero-order valence-corrected chi connectivity index (χ0v) is 20.2. The van der Waals surface area contributed by atoms with E-state index >= 15 is 0 Å². The van der Waals surface area contributed by atoms with E-state index in [-0.39, 0.29) is 11.8 Å². The molecule has 170 valence electrons. The molecule has 0 aromatic carbocycles. The van der Waals surface area contributed by atoms with Crippen molar-refractivity contribution in [2.45, 2.75) is 68.5 Å². The highest BCUT2D eigenvalue weighted by Crippen LogP contribution is 2.31. The number of nitrogens with one attached hydrogen (secondary N) is 1. The normalized spacial score (nSPS) is 21.3. The lowest BCUT2D eigenvalue weighted by molar-refractivity contribution is -0.122. The SMILES string of the molecule is C[C@H](CCNC(=O)CC1CCN(S(=O)(=O)c2ccc(Cl)s2)CC1)N1CCCCCC1. The molecule has 3 heterocycles. The molecule has 30 heavy (non-hydrogen) atoms. The molecule has 3 rings (SSSR count). The number of amides is 1. The Kier molecular flexibility index (Phi) is 9.01. The number of thiophene rings is 1. The zero-order chi connectivity index (χ0) is 21.6. The average Bonchev–Trinajstić information content (AvgIpc) is 2.99. The first-order chi connectivity index (χ1) is 14.4. The molecule has 1 amide bonds. The third-order valence-electron chi connectivity index (χ3n) is 6.34. The Labute approximate surface area is 190 Å². The van der Waals surface area contributed by atoms with Gasteiger partial charge in [-0.05, 0) is 70.2 Å². The summed E-state index contributed by atoms with van der Waals surface area (Å²) >= 11 is 6.98. The van der Waals surface area contributed by atoms with Crippen LogP contribution in [0.5, 0.6) is 0 Å². The molecule has 0 saturated carbocycles. The predicted molar refractivity (Wildman–Crippen MR) is 123 cm³/mol. The first-order valence-electron chi connectivity index (χ1n) is 11.1. The average molecular weight is 476 g/mol. The smallest absolute Gasteiger partial charge is 0.252 e. The van der Waals surface area contributed by atoms with Crippen LogP contribution in [0.1, 0.15) is 58.3 Å². The fraction of sp³-hybridized carbons (Fsp3) is 0.762. The minimum Gasteiger partial charge on any atom is -0.356 e. The van der Waals surface area contributed by atoms with Gasteiger partial charge in [-0.1, -0.05) is 24.4 Å². The first-order valence-corrected chi connectivity index (χ1v) is 13.8. The summed E-state index contributed by atoms with van der Waals surface area (Å²) in [6, 6.07) is 3.68. The number of carbonyl (C=O) groups is 1. The molecule has 0 radical (unpaired) electrons.